The van der Waals surface area contributed by atoms with Gasteiger partial charge >= 0.3 is 11.9 Å². The number of nitrogens with one attached hydrogen (secondary N) is 1. The molecule has 0 amide bonds. The van der Waals surface area contributed by atoms with Gasteiger partial charge in [-0.2, -0.15) is 0 Å². The number of esters is 2. The lowest BCUT2D eigenvalue weighted by Gasteiger charge is -2.25. The first-order chi connectivity index (χ1) is 26.6. The summed E-state index contributed by atoms with van der Waals surface area (Å²) in [5.74, 6) is -1.49. The Bertz CT molecular complexity index is 2410. The van der Waals surface area contributed by atoms with E-state index < -0.39 is 30.0 Å². The largest absolute Gasteiger partial charge is 0.497 e. The van der Waals surface area contributed by atoms with Crippen LogP contribution in [0.3, 0.4) is 0 Å². The second-order valence-corrected chi connectivity index (χ2v) is 14.8. The number of nitrogens with zero attached hydrogens (tertiary/aromatic N) is 3. The first-order valence-corrected chi connectivity index (χ1v) is 18.7. The van der Waals surface area contributed by atoms with Crippen LogP contribution in [0.2, 0.25) is 5.02 Å². The van der Waals surface area contributed by atoms with Gasteiger partial charge in [-0.3, -0.25) is 19.0 Å². The van der Waals surface area contributed by atoms with Crippen LogP contribution in [0.15, 0.2) is 59.5 Å². The van der Waals surface area contributed by atoms with Crippen LogP contribution in [0, 0.1) is 18.7 Å². The molecule has 286 valence electrons. The Kier molecular flexibility index (Phi) is 9.76. The van der Waals surface area contributed by atoms with Crippen LogP contribution in [0.1, 0.15) is 63.7 Å². The van der Waals surface area contributed by atoms with E-state index in [1.165, 1.54) is 31.0 Å². The lowest BCUT2D eigenvalue weighted by atomic mass is 9.94. The van der Waals surface area contributed by atoms with Gasteiger partial charge in [0.05, 0.1) is 37.1 Å². The molecule has 3 aromatic carbocycles. The fourth-order valence-electron chi connectivity index (χ4n) is 8.16. The lowest BCUT2D eigenvalue weighted by molar-refractivity contribution is -0.151. The van der Waals surface area contributed by atoms with Gasteiger partial charge in [0.25, 0.3) is 5.91 Å². The van der Waals surface area contributed by atoms with E-state index >= 15 is 4.39 Å². The number of carbonyl (C=O) groups is 3. The Morgan fingerprint density at radius 1 is 0.964 bits per heavy atom. The summed E-state index contributed by atoms with van der Waals surface area (Å²) in [7, 11) is 2.98. The quantitative estimate of drug-likeness (QED) is 0.130. The number of anilines is 1. The van der Waals surface area contributed by atoms with E-state index in [9.17, 15) is 19.2 Å². The maximum absolute atomic E-state index is 16.0. The smallest absolute Gasteiger partial charge is 0.346 e. The van der Waals surface area contributed by atoms with Crippen LogP contribution in [-0.4, -0.2) is 73.7 Å². The molecular weight excluding hydrogens is 731 g/mol. The molecule has 2 aliphatic heterocycles. The van der Waals surface area contributed by atoms with Crippen molar-refractivity contribution in [3.05, 3.63) is 98.2 Å². The number of benzene rings is 3. The number of methoxy groups -OCH3 is 2. The molecule has 5 aromatic rings. The zero-order valence-electron chi connectivity index (χ0n) is 30.7. The third kappa shape index (κ3) is 6.69. The first kappa shape index (κ1) is 36.6. The highest BCUT2D eigenvalue weighted by atomic mass is 35.5. The SMILES string of the molecule is COc1ccc2c(c1)c(CC(=O)OCOC(=O)c1cn(C3CC3)c3c(OC)c(N4C[C@H]5CCCN[C@H]5C4)c(F)cc3c1=O)c(C)n2C(=O)c1ccc(Cl)cc1. The average Bonchev–Trinajstić information content (AvgIpc) is 3.88. The molecule has 12 nitrogen and oxygen atoms in total. The zero-order chi connectivity index (χ0) is 38.5. The zero-order valence-corrected chi connectivity index (χ0v) is 31.4. The molecule has 2 atom stereocenters. The number of aromatic nitrogens is 2. The summed E-state index contributed by atoms with van der Waals surface area (Å²) >= 11 is 6.04. The van der Waals surface area contributed by atoms with Crippen LogP contribution in [0.5, 0.6) is 11.5 Å². The van der Waals surface area contributed by atoms with Crippen LogP contribution in [0.25, 0.3) is 21.8 Å². The number of hydrogen-bond acceptors (Lipinski definition) is 10. The molecule has 8 rings (SSSR count). The van der Waals surface area contributed by atoms with Gasteiger partial charge in [0, 0.05) is 53.0 Å². The van der Waals surface area contributed by atoms with Crippen LogP contribution < -0.4 is 25.1 Å². The predicted molar refractivity (Wildman–Crippen MR) is 204 cm³/mol. The molecule has 2 saturated heterocycles. The minimum atomic E-state index is -1.02. The normalized spacial score (nSPS) is 18.0. The van der Waals surface area contributed by atoms with Crippen molar-refractivity contribution in [1.82, 2.24) is 14.5 Å². The number of rotatable bonds is 10. The van der Waals surface area contributed by atoms with Crippen molar-refractivity contribution >= 4 is 56.9 Å². The van der Waals surface area contributed by atoms with Crippen molar-refractivity contribution in [2.24, 2.45) is 5.92 Å². The van der Waals surface area contributed by atoms with Crippen molar-refractivity contribution in [2.75, 3.05) is 45.5 Å². The molecule has 0 bridgehead atoms. The molecule has 1 N–H and O–H groups in total. The van der Waals surface area contributed by atoms with Crippen molar-refractivity contribution in [2.45, 2.75) is 51.1 Å². The van der Waals surface area contributed by atoms with Gasteiger partial charge in [-0.15, -0.1) is 0 Å². The van der Waals surface area contributed by atoms with Gasteiger partial charge in [-0.25, -0.2) is 9.18 Å². The van der Waals surface area contributed by atoms with E-state index in [2.05, 4.69) is 5.32 Å². The first-order valence-electron chi connectivity index (χ1n) is 18.3. The molecule has 3 aliphatic rings. The number of hydrogen-bond donors (Lipinski definition) is 1. The molecule has 1 aliphatic carbocycles. The molecular formula is C41H40ClFN4O8. The average molecular weight is 771 g/mol. The van der Waals surface area contributed by atoms with E-state index in [0.29, 0.717) is 68.7 Å². The van der Waals surface area contributed by atoms with Crippen LogP contribution in [-0.2, 0) is 20.7 Å². The Morgan fingerprint density at radius 3 is 2.45 bits per heavy atom. The van der Waals surface area contributed by atoms with E-state index in [0.717, 1.165) is 32.2 Å². The van der Waals surface area contributed by atoms with Gasteiger partial charge < -0.3 is 33.7 Å². The van der Waals surface area contributed by atoms with Gasteiger partial charge in [-0.1, -0.05) is 11.6 Å². The van der Waals surface area contributed by atoms with E-state index in [-0.39, 0.29) is 41.1 Å². The fraction of sp³-hybridized carbons (Fsp3) is 0.366. The fourth-order valence-corrected chi connectivity index (χ4v) is 8.29. The van der Waals surface area contributed by atoms with E-state index in [1.54, 1.807) is 54.0 Å². The Morgan fingerprint density at radius 2 is 1.75 bits per heavy atom. The van der Waals surface area contributed by atoms with Crippen molar-refractivity contribution in [1.29, 1.82) is 0 Å². The summed E-state index contributed by atoms with van der Waals surface area (Å²) in [5.41, 5.74) is 1.71. The van der Waals surface area contributed by atoms with Crippen molar-refractivity contribution in [3.8, 4) is 11.5 Å². The summed E-state index contributed by atoms with van der Waals surface area (Å²) in [6, 6.07) is 13.1. The number of fused-ring (bicyclic) bond motifs is 3. The minimum Gasteiger partial charge on any atom is -0.497 e. The van der Waals surface area contributed by atoms with Crippen molar-refractivity contribution < 1.29 is 37.7 Å². The number of pyridine rings is 1. The van der Waals surface area contributed by atoms with Crippen LogP contribution >= 0.6 is 11.6 Å². The Balaban J connectivity index is 1.03. The molecule has 0 radical (unpaired) electrons. The summed E-state index contributed by atoms with van der Waals surface area (Å²) in [5, 5.41) is 4.64. The molecule has 2 aromatic heterocycles. The summed E-state index contributed by atoms with van der Waals surface area (Å²) < 4.78 is 41.3. The van der Waals surface area contributed by atoms with Crippen molar-refractivity contribution in [3.63, 3.8) is 0 Å². The third-order valence-electron chi connectivity index (χ3n) is 11.0. The summed E-state index contributed by atoms with van der Waals surface area (Å²) in [6.45, 7) is 3.18. The predicted octanol–water partition coefficient (Wildman–Crippen LogP) is 6.19. The highest BCUT2D eigenvalue weighted by molar-refractivity contribution is 6.30. The maximum atomic E-state index is 16.0. The number of piperidine rings is 1. The Labute approximate surface area is 320 Å². The van der Waals surface area contributed by atoms with Crippen LogP contribution in [0.4, 0.5) is 10.1 Å². The standard InChI is InChI=1S/C41H40ClFN4O8/c1-22-28(29-15-27(52-2)12-13-34(29)47(22)40(50)23-6-8-25(42)9-7-23)17-35(48)54-21-55-41(51)31-19-46(26-10-11-26)36-30(38(31)49)16-32(43)37(39(36)53-3)45-18-24-5-4-14-44-33(24)20-45/h6-9,12-13,15-16,19,24,26,33,44H,4-5,10-11,14,17-18,20-21H2,1-3H3/t24-,33+/m1/s1. The molecule has 4 heterocycles. The van der Waals surface area contributed by atoms with Gasteiger partial charge in [0.2, 0.25) is 12.2 Å². The molecule has 55 heavy (non-hydrogen) atoms. The van der Waals surface area contributed by atoms with Gasteiger partial charge in [0.1, 0.15) is 17.0 Å². The van der Waals surface area contributed by atoms with Gasteiger partial charge in [0.15, 0.2) is 11.6 Å². The second-order valence-electron chi connectivity index (χ2n) is 14.4. The topological polar surface area (TPSA) is 130 Å². The minimum absolute atomic E-state index is 0.00150. The van der Waals surface area contributed by atoms with E-state index in [1.807, 2.05) is 4.90 Å². The molecule has 14 heteroatoms. The molecule has 1 saturated carbocycles. The van der Waals surface area contributed by atoms with Gasteiger partial charge in [-0.05, 0) is 99.2 Å². The molecule has 0 unspecified atom stereocenters. The maximum Gasteiger partial charge on any atom is 0.346 e. The second kappa shape index (κ2) is 14.7. The summed E-state index contributed by atoms with van der Waals surface area (Å²) in [6.07, 6.45) is 4.93. The lowest BCUT2D eigenvalue weighted by Crippen LogP contribution is -2.40. The monoisotopic (exact) mass is 770 g/mol. The number of carbonyl (C=O) groups excluding carboxylic acids is 3. The number of halogens is 2. The number of ether oxygens (including phenoxy) is 4. The highest BCUT2D eigenvalue weighted by Crippen LogP contribution is 2.45. The molecule has 0 spiro atoms. The van der Waals surface area contributed by atoms with E-state index in [4.69, 9.17) is 30.5 Å². The highest BCUT2D eigenvalue weighted by Gasteiger charge is 2.38. The third-order valence-corrected chi connectivity index (χ3v) is 11.3. The Hall–Kier alpha value is -5.40. The summed E-state index contributed by atoms with van der Waals surface area (Å²) in [4.78, 5) is 56.1. The molecule has 3 fully saturated rings.